The Hall–Kier alpha value is -2.50. The van der Waals surface area contributed by atoms with E-state index in [0.29, 0.717) is 17.4 Å². The Morgan fingerprint density at radius 2 is 1.91 bits per heavy atom. The zero-order valence-electron chi connectivity index (χ0n) is 12.4. The first-order valence-electron chi connectivity index (χ1n) is 7.63. The predicted molar refractivity (Wildman–Crippen MR) is 82.7 cm³/mol. The molecule has 112 valence electrons. The summed E-state index contributed by atoms with van der Waals surface area (Å²) in [6.07, 6.45) is 8.07. The largest absolute Gasteiger partial charge is 0.300 e. The van der Waals surface area contributed by atoms with E-state index in [1.54, 1.807) is 12.4 Å². The summed E-state index contributed by atoms with van der Waals surface area (Å²) < 4.78 is 2.06. The van der Waals surface area contributed by atoms with Gasteiger partial charge in [0.1, 0.15) is 5.56 Å². The molecular weight excluding hydrogens is 278 g/mol. The molecule has 3 aliphatic rings. The Morgan fingerprint density at radius 3 is 2.64 bits per heavy atom. The molecule has 0 atom stereocenters. The third-order valence-corrected chi connectivity index (χ3v) is 4.38. The number of aromatic amines is 1. The molecule has 1 fully saturated rings. The van der Waals surface area contributed by atoms with Crippen molar-refractivity contribution in [1.29, 1.82) is 0 Å². The van der Waals surface area contributed by atoms with Gasteiger partial charge in [0.2, 0.25) is 0 Å². The maximum Gasteiger partial charge on any atom is 0.284 e. The zero-order valence-corrected chi connectivity index (χ0v) is 12.4. The zero-order chi connectivity index (χ0) is 15.1. The average molecular weight is 295 g/mol. The second-order valence-corrected chi connectivity index (χ2v) is 5.83. The second kappa shape index (κ2) is 5.05. The number of hydrogen-bond donors (Lipinski definition) is 1. The number of pyridine rings is 1. The molecule has 1 aliphatic carbocycles. The van der Waals surface area contributed by atoms with Crippen LogP contribution < -0.4 is 5.56 Å². The van der Waals surface area contributed by atoms with Crippen LogP contribution in [0.2, 0.25) is 0 Å². The highest BCUT2D eigenvalue weighted by molar-refractivity contribution is 5.64. The van der Waals surface area contributed by atoms with E-state index in [2.05, 4.69) is 24.7 Å². The first-order valence-corrected chi connectivity index (χ1v) is 7.63. The van der Waals surface area contributed by atoms with E-state index >= 15 is 0 Å². The van der Waals surface area contributed by atoms with Crippen molar-refractivity contribution in [2.45, 2.75) is 38.6 Å². The first kappa shape index (κ1) is 13.2. The Labute approximate surface area is 127 Å². The molecule has 3 heterocycles. The molecule has 6 heteroatoms. The maximum atomic E-state index is 12.4. The van der Waals surface area contributed by atoms with Crippen molar-refractivity contribution in [3.8, 4) is 22.8 Å². The molecule has 0 unspecified atom stereocenters. The van der Waals surface area contributed by atoms with Crippen LogP contribution in [0, 0.1) is 6.92 Å². The lowest BCUT2D eigenvalue weighted by molar-refractivity contribution is 0.466. The Morgan fingerprint density at radius 1 is 1.18 bits per heavy atom. The van der Waals surface area contributed by atoms with E-state index in [4.69, 9.17) is 0 Å². The summed E-state index contributed by atoms with van der Waals surface area (Å²) in [6, 6.07) is 4.04. The van der Waals surface area contributed by atoms with Crippen LogP contribution in [0.3, 0.4) is 0 Å². The average Bonchev–Trinajstić information content (AvgIpc) is 3.16. The van der Waals surface area contributed by atoms with E-state index in [1.165, 1.54) is 12.8 Å². The van der Waals surface area contributed by atoms with Gasteiger partial charge in [0, 0.05) is 23.7 Å². The van der Waals surface area contributed by atoms with Gasteiger partial charge >= 0.3 is 0 Å². The van der Waals surface area contributed by atoms with Gasteiger partial charge in [-0.05, 0) is 31.9 Å². The van der Waals surface area contributed by atoms with Crippen molar-refractivity contribution in [3.63, 3.8) is 0 Å². The van der Waals surface area contributed by atoms with E-state index in [1.807, 2.05) is 19.1 Å². The fraction of sp³-hybridized carbons (Fsp3) is 0.375. The lowest BCUT2D eigenvalue weighted by Gasteiger charge is -2.13. The smallest absolute Gasteiger partial charge is 0.284 e. The van der Waals surface area contributed by atoms with Crippen molar-refractivity contribution in [2.24, 2.45) is 0 Å². The predicted octanol–water partition coefficient (Wildman–Crippen LogP) is 2.56. The van der Waals surface area contributed by atoms with Crippen LogP contribution in [0.1, 0.15) is 37.4 Å². The number of hydrogen-bond acceptors (Lipinski definition) is 4. The van der Waals surface area contributed by atoms with Gasteiger partial charge < -0.3 is 5.10 Å². The molecule has 0 bridgehead atoms. The van der Waals surface area contributed by atoms with Crippen LogP contribution in [0.5, 0.6) is 0 Å². The van der Waals surface area contributed by atoms with Gasteiger partial charge in [-0.2, -0.15) is 4.98 Å². The molecule has 6 nitrogen and oxygen atoms in total. The first-order chi connectivity index (χ1) is 10.7. The lowest BCUT2D eigenvalue weighted by atomic mass is 10.2. The second-order valence-electron chi connectivity index (χ2n) is 5.83. The SMILES string of the molecule is Cc1[nH]n(C2CCCC2)c2nc(-c3ccncc3)nc(=O)c1-2. The van der Waals surface area contributed by atoms with Crippen LogP contribution in [0.15, 0.2) is 29.3 Å². The van der Waals surface area contributed by atoms with Crippen LogP contribution >= 0.6 is 0 Å². The normalized spacial score (nSPS) is 15.7. The summed E-state index contributed by atoms with van der Waals surface area (Å²) in [7, 11) is 0. The number of fused-ring (bicyclic) bond motifs is 1. The van der Waals surface area contributed by atoms with Crippen LogP contribution in [-0.2, 0) is 0 Å². The Bertz CT molecular complexity index is 830. The number of aromatic nitrogens is 5. The van der Waals surface area contributed by atoms with Crippen molar-refractivity contribution in [1.82, 2.24) is 24.7 Å². The molecular formula is C16H17N5O. The van der Waals surface area contributed by atoms with E-state index in [0.717, 1.165) is 29.9 Å². The molecule has 1 aromatic heterocycles. The van der Waals surface area contributed by atoms with Crippen molar-refractivity contribution in [3.05, 3.63) is 40.6 Å². The van der Waals surface area contributed by atoms with Crippen LogP contribution in [0.25, 0.3) is 22.8 Å². The van der Waals surface area contributed by atoms with E-state index in [9.17, 15) is 4.79 Å². The number of nitrogens with zero attached hydrogens (tertiary/aromatic N) is 4. The molecule has 0 radical (unpaired) electrons. The molecule has 2 aliphatic heterocycles. The molecule has 0 amide bonds. The molecule has 0 aromatic carbocycles. The van der Waals surface area contributed by atoms with E-state index in [-0.39, 0.29) is 5.56 Å². The Kier molecular flexibility index (Phi) is 3.03. The van der Waals surface area contributed by atoms with Gasteiger partial charge in [0.15, 0.2) is 11.6 Å². The van der Waals surface area contributed by atoms with Crippen LogP contribution in [0.4, 0.5) is 0 Å². The van der Waals surface area contributed by atoms with Gasteiger partial charge in [-0.3, -0.25) is 14.5 Å². The molecule has 1 saturated carbocycles. The summed E-state index contributed by atoms with van der Waals surface area (Å²) in [5.74, 6) is 1.18. The minimum atomic E-state index is -0.220. The summed E-state index contributed by atoms with van der Waals surface area (Å²) in [5, 5.41) is 3.32. The molecule has 22 heavy (non-hydrogen) atoms. The molecule has 0 spiro atoms. The molecule has 4 rings (SSSR count). The third kappa shape index (κ3) is 2.03. The quantitative estimate of drug-likeness (QED) is 0.788. The van der Waals surface area contributed by atoms with E-state index < -0.39 is 0 Å². The molecule has 1 aromatic rings. The topological polar surface area (TPSA) is 76.5 Å². The number of rotatable bonds is 2. The standard InChI is InChI=1S/C16H17N5O/c1-10-13-15(21(20-10)12-4-2-3-5-12)18-14(19-16(13)22)11-6-8-17-9-7-11/h6-9,12,20H,2-5H2,1H3. The van der Waals surface area contributed by atoms with Crippen molar-refractivity contribution >= 4 is 0 Å². The monoisotopic (exact) mass is 295 g/mol. The summed E-state index contributed by atoms with van der Waals surface area (Å²) in [6.45, 7) is 1.91. The van der Waals surface area contributed by atoms with Gasteiger partial charge in [-0.25, -0.2) is 4.98 Å². The fourth-order valence-corrected chi connectivity index (χ4v) is 3.28. The van der Waals surface area contributed by atoms with Crippen molar-refractivity contribution in [2.75, 3.05) is 0 Å². The summed E-state index contributed by atoms with van der Waals surface area (Å²) in [4.78, 5) is 25.2. The highest BCUT2D eigenvalue weighted by Gasteiger charge is 2.26. The number of H-pyrrole nitrogens is 1. The van der Waals surface area contributed by atoms with Gasteiger partial charge in [0.05, 0.1) is 6.04 Å². The summed E-state index contributed by atoms with van der Waals surface area (Å²) >= 11 is 0. The van der Waals surface area contributed by atoms with Gasteiger partial charge in [-0.1, -0.05) is 12.8 Å². The fourth-order valence-electron chi connectivity index (χ4n) is 3.28. The van der Waals surface area contributed by atoms with Crippen molar-refractivity contribution < 1.29 is 0 Å². The number of nitrogens with one attached hydrogen (secondary N) is 1. The highest BCUT2D eigenvalue weighted by Crippen LogP contribution is 2.33. The Balaban J connectivity index is 1.93. The third-order valence-electron chi connectivity index (χ3n) is 4.38. The minimum absolute atomic E-state index is 0.220. The van der Waals surface area contributed by atoms with Gasteiger partial charge in [-0.15, -0.1) is 0 Å². The molecule has 1 N–H and O–H groups in total. The molecule has 0 saturated heterocycles. The lowest BCUT2D eigenvalue weighted by Crippen LogP contribution is -2.16. The number of aryl methyl sites for hydroxylation is 1. The maximum absolute atomic E-state index is 12.4. The highest BCUT2D eigenvalue weighted by atomic mass is 16.1. The summed E-state index contributed by atoms with van der Waals surface area (Å²) in [5.41, 5.74) is 2.03. The van der Waals surface area contributed by atoms with Gasteiger partial charge in [0.25, 0.3) is 5.56 Å². The van der Waals surface area contributed by atoms with Crippen LogP contribution in [-0.4, -0.2) is 24.7 Å². The minimum Gasteiger partial charge on any atom is -0.300 e.